The zero-order valence-corrected chi connectivity index (χ0v) is 15.7. The summed E-state index contributed by atoms with van der Waals surface area (Å²) in [5.41, 5.74) is 1.48. The predicted molar refractivity (Wildman–Crippen MR) is 100 cm³/mol. The second-order valence-corrected chi connectivity index (χ2v) is 6.45. The number of hydrogen-bond acceptors (Lipinski definition) is 4. The number of nitrogens with zero attached hydrogens (tertiary/aromatic N) is 1. The fourth-order valence-electron chi connectivity index (χ4n) is 2.51. The maximum absolute atomic E-state index is 10.3. The van der Waals surface area contributed by atoms with Gasteiger partial charge in [-0.1, -0.05) is 30.3 Å². The number of rotatable bonds is 3. The molecule has 1 heterocycles. The molecular weight excluding hydrogens is 419 g/mol. The van der Waals surface area contributed by atoms with E-state index in [1.54, 1.807) is 25.3 Å². The summed E-state index contributed by atoms with van der Waals surface area (Å²) in [7, 11) is 1.73. The van der Waals surface area contributed by atoms with Gasteiger partial charge in [-0.2, -0.15) is 0 Å². The lowest BCUT2D eigenvalue weighted by molar-refractivity contribution is -0.655. The van der Waals surface area contributed by atoms with Gasteiger partial charge in [-0.25, -0.2) is 0 Å². The number of anilines is 1. The first-order valence-electron chi connectivity index (χ1n) is 7.79. The summed E-state index contributed by atoms with van der Waals surface area (Å²) in [5.74, 6) is -0.139. The van der Waals surface area contributed by atoms with Crippen molar-refractivity contribution in [2.45, 2.75) is 0 Å². The molecule has 0 unspecified atom stereocenters. The summed E-state index contributed by atoms with van der Waals surface area (Å²) in [6.45, 7) is 4.58. The molecule has 2 aromatic carbocycles. The molecule has 1 fully saturated rings. The summed E-state index contributed by atoms with van der Waals surface area (Å²) < 4.78 is 6.06. The number of methoxy groups -OCH3 is 1. The van der Waals surface area contributed by atoms with E-state index >= 15 is 0 Å². The third-order valence-electron chi connectivity index (χ3n) is 3.73. The van der Waals surface area contributed by atoms with E-state index in [1.807, 2.05) is 34.7 Å². The number of ether oxygens (including phenoxy) is 1. The first-order valence-corrected chi connectivity index (χ1v) is 8.87. The molecule has 0 amide bonds. The van der Waals surface area contributed by atoms with Gasteiger partial charge in [0.1, 0.15) is 5.75 Å². The summed E-state index contributed by atoms with van der Waals surface area (Å²) in [4.78, 5) is 12.7. The number of halogens is 1. The van der Waals surface area contributed by atoms with Gasteiger partial charge < -0.3 is 24.9 Å². The minimum atomic E-state index is -1.12. The number of aromatic carboxylic acids is 1. The van der Waals surface area contributed by atoms with Crippen LogP contribution in [0, 0.1) is 3.57 Å². The van der Waals surface area contributed by atoms with Crippen LogP contribution in [-0.4, -0.2) is 39.3 Å². The summed E-state index contributed by atoms with van der Waals surface area (Å²) in [6, 6.07) is 14.9. The number of nitrogens with two attached hydrogens (primary N) is 1. The van der Waals surface area contributed by atoms with Crippen LogP contribution in [0.1, 0.15) is 10.4 Å². The highest BCUT2D eigenvalue weighted by Crippen LogP contribution is 2.27. The lowest BCUT2D eigenvalue weighted by Gasteiger charge is -2.28. The molecule has 5 nitrogen and oxygen atoms in total. The van der Waals surface area contributed by atoms with Gasteiger partial charge >= 0.3 is 0 Å². The highest BCUT2D eigenvalue weighted by atomic mass is 127. The van der Waals surface area contributed by atoms with Gasteiger partial charge in [-0.3, -0.25) is 0 Å². The van der Waals surface area contributed by atoms with Crippen molar-refractivity contribution >= 4 is 34.2 Å². The second-order valence-electron chi connectivity index (χ2n) is 5.29. The number of para-hydroxylation sites is 2. The van der Waals surface area contributed by atoms with Crippen LogP contribution >= 0.6 is 22.6 Å². The molecule has 2 aromatic rings. The number of benzene rings is 2. The van der Waals surface area contributed by atoms with Crippen molar-refractivity contribution in [2.75, 3.05) is 38.2 Å². The van der Waals surface area contributed by atoms with Crippen LogP contribution < -0.4 is 20.1 Å². The van der Waals surface area contributed by atoms with Gasteiger partial charge in [0.25, 0.3) is 0 Å². The highest BCUT2D eigenvalue weighted by Gasteiger charge is 2.15. The topological polar surface area (TPSA) is 69.2 Å². The third kappa shape index (κ3) is 5.10. The predicted octanol–water partition coefficient (Wildman–Crippen LogP) is 0.733. The van der Waals surface area contributed by atoms with Gasteiger partial charge in [0.05, 0.1) is 44.9 Å². The van der Waals surface area contributed by atoms with E-state index in [2.05, 4.69) is 22.3 Å². The monoisotopic (exact) mass is 440 g/mol. The van der Waals surface area contributed by atoms with Crippen LogP contribution in [0.3, 0.4) is 0 Å². The van der Waals surface area contributed by atoms with E-state index in [0.29, 0.717) is 3.57 Å². The molecule has 0 aliphatic carbocycles. The van der Waals surface area contributed by atoms with Crippen molar-refractivity contribution in [2.24, 2.45) is 0 Å². The number of quaternary nitrogens is 1. The number of carbonyl (C=O) groups is 1. The third-order valence-corrected chi connectivity index (χ3v) is 4.67. The SMILES string of the molecule is COc1ccccc1N1CC[NH2+]CC1.O=C([O-])c1ccccc1I. The van der Waals surface area contributed by atoms with Crippen molar-refractivity contribution < 1.29 is 20.0 Å². The number of piperazine rings is 1. The van der Waals surface area contributed by atoms with E-state index < -0.39 is 5.97 Å². The van der Waals surface area contributed by atoms with Crippen LogP contribution in [-0.2, 0) is 0 Å². The molecule has 0 radical (unpaired) electrons. The molecule has 3 rings (SSSR count). The first kappa shape index (κ1) is 18.5. The Kier molecular flexibility index (Phi) is 7.33. The number of carbonyl (C=O) groups excluding carboxylic acids is 1. The fraction of sp³-hybridized carbons (Fsp3) is 0.278. The first-order chi connectivity index (χ1) is 11.6. The Balaban J connectivity index is 0.000000185. The summed E-state index contributed by atoms with van der Waals surface area (Å²) >= 11 is 1.95. The van der Waals surface area contributed by atoms with Crippen molar-refractivity contribution in [1.82, 2.24) is 0 Å². The molecule has 1 aliphatic rings. The minimum absolute atomic E-state index is 0.253. The molecule has 0 saturated carbocycles. The molecule has 2 N–H and O–H groups in total. The van der Waals surface area contributed by atoms with Crippen LogP contribution in [0.4, 0.5) is 5.69 Å². The molecule has 24 heavy (non-hydrogen) atoms. The van der Waals surface area contributed by atoms with Gasteiger partial charge in [0.2, 0.25) is 0 Å². The van der Waals surface area contributed by atoms with Crippen molar-refractivity contribution in [3.63, 3.8) is 0 Å². The van der Waals surface area contributed by atoms with E-state index in [4.69, 9.17) is 4.74 Å². The maximum Gasteiger partial charge on any atom is 0.142 e. The second kappa shape index (κ2) is 9.48. The molecule has 1 aliphatic heterocycles. The van der Waals surface area contributed by atoms with Crippen molar-refractivity contribution in [3.05, 3.63) is 57.7 Å². The molecule has 128 valence electrons. The summed E-state index contributed by atoms with van der Waals surface area (Å²) in [6.07, 6.45) is 0. The molecule has 0 aromatic heterocycles. The minimum Gasteiger partial charge on any atom is -0.545 e. The van der Waals surface area contributed by atoms with Gasteiger partial charge in [-0.15, -0.1) is 0 Å². The Morgan fingerprint density at radius 1 is 1.12 bits per heavy atom. The maximum atomic E-state index is 10.3. The Labute approximate surface area is 155 Å². The van der Waals surface area contributed by atoms with E-state index in [0.717, 1.165) is 18.8 Å². The standard InChI is InChI=1S/C11H16N2O.C7H5IO2/c1-14-11-5-3-2-4-10(11)13-8-6-12-7-9-13;8-6-4-2-1-3-5(6)7(9)10/h2-5,12H,6-9H2,1H3;1-4H,(H,9,10). The molecular formula is C18H21IN2O3. The van der Waals surface area contributed by atoms with E-state index in [1.165, 1.54) is 24.8 Å². The van der Waals surface area contributed by atoms with E-state index in [-0.39, 0.29) is 5.56 Å². The number of hydrogen-bond donors (Lipinski definition) is 1. The van der Waals surface area contributed by atoms with Gasteiger partial charge in [-0.05, 0) is 40.8 Å². The van der Waals surface area contributed by atoms with Crippen LogP contribution in [0.25, 0.3) is 0 Å². The van der Waals surface area contributed by atoms with Crippen LogP contribution in [0.15, 0.2) is 48.5 Å². The van der Waals surface area contributed by atoms with Gasteiger partial charge in [0.15, 0.2) is 0 Å². The fourth-order valence-corrected chi connectivity index (χ4v) is 3.12. The zero-order valence-electron chi connectivity index (χ0n) is 13.6. The molecule has 0 spiro atoms. The quantitative estimate of drug-likeness (QED) is 0.715. The van der Waals surface area contributed by atoms with Gasteiger partial charge in [0, 0.05) is 9.13 Å². The molecule has 0 atom stereocenters. The van der Waals surface area contributed by atoms with Crippen molar-refractivity contribution in [3.8, 4) is 5.75 Å². The number of carboxylic acid groups (broad SMARTS) is 1. The average Bonchev–Trinajstić information content (AvgIpc) is 2.63. The molecule has 0 bridgehead atoms. The molecule has 1 saturated heterocycles. The number of carboxylic acids is 1. The smallest absolute Gasteiger partial charge is 0.142 e. The molecule has 6 heteroatoms. The largest absolute Gasteiger partial charge is 0.545 e. The Morgan fingerprint density at radius 2 is 1.75 bits per heavy atom. The summed E-state index contributed by atoms with van der Waals surface area (Å²) in [5, 5.41) is 12.7. The normalized spacial score (nSPS) is 13.7. The Bertz CT molecular complexity index is 673. The van der Waals surface area contributed by atoms with E-state index in [9.17, 15) is 9.90 Å². The highest BCUT2D eigenvalue weighted by molar-refractivity contribution is 14.1. The Hall–Kier alpha value is -1.80. The van der Waals surface area contributed by atoms with Crippen LogP contribution in [0.2, 0.25) is 0 Å². The average molecular weight is 440 g/mol. The lowest BCUT2D eigenvalue weighted by Crippen LogP contribution is -2.89. The zero-order chi connectivity index (χ0) is 17.4. The van der Waals surface area contributed by atoms with Crippen molar-refractivity contribution in [1.29, 1.82) is 0 Å². The lowest BCUT2D eigenvalue weighted by atomic mass is 10.2. The Morgan fingerprint density at radius 3 is 2.33 bits per heavy atom. The van der Waals surface area contributed by atoms with Crippen LogP contribution in [0.5, 0.6) is 5.75 Å².